The fourth-order valence-corrected chi connectivity index (χ4v) is 4.11. The molecule has 0 atom stereocenters. The molecule has 2 aromatic heterocycles. The Labute approximate surface area is 186 Å². The number of hydrogen-bond donors (Lipinski definition) is 1. The van der Waals surface area contributed by atoms with E-state index in [4.69, 9.17) is 9.84 Å². The van der Waals surface area contributed by atoms with Crippen LogP contribution in [0.15, 0.2) is 78.2 Å². The molecule has 6 heteroatoms. The Kier molecular flexibility index (Phi) is 6.79. The van der Waals surface area contributed by atoms with Gasteiger partial charge in [0.15, 0.2) is 0 Å². The SMILES string of the molecule is COc1ccc(-n2nc(CCC(=O)NCCc3cccs3)cc2-c2ccccc2)cc1. The number of aryl methyl sites for hydroxylation is 1. The number of carbonyl (C=O) groups is 1. The van der Waals surface area contributed by atoms with Gasteiger partial charge < -0.3 is 10.1 Å². The first-order valence-electron chi connectivity index (χ1n) is 10.3. The molecule has 0 unspecified atom stereocenters. The van der Waals surface area contributed by atoms with Gasteiger partial charge in [-0.1, -0.05) is 36.4 Å². The first kappa shape index (κ1) is 20.9. The van der Waals surface area contributed by atoms with Crippen LogP contribution in [0.4, 0.5) is 0 Å². The van der Waals surface area contributed by atoms with Crippen LogP contribution in [0.1, 0.15) is 17.0 Å². The van der Waals surface area contributed by atoms with Crippen LogP contribution in [0.3, 0.4) is 0 Å². The number of carbonyl (C=O) groups excluding carboxylic acids is 1. The fraction of sp³-hybridized carbons (Fsp3) is 0.200. The molecule has 0 bridgehead atoms. The van der Waals surface area contributed by atoms with Gasteiger partial charge in [0.25, 0.3) is 0 Å². The number of hydrogen-bond acceptors (Lipinski definition) is 4. The molecule has 0 fully saturated rings. The maximum absolute atomic E-state index is 12.3. The maximum Gasteiger partial charge on any atom is 0.220 e. The van der Waals surface area contributed by atoms with Gasteiger partial charge in [0.05, 0.1) is 24.2 Å². The van der Waals surface area contributed by atoms with Crippen LogP contribution in [0.2, 0.25) is 0 Å². The molecular formula is C25H25N3O2S. The Hall–Kier alpha value is -3.38. The van der Waals surface area contributed by atoms with Crippen LogP contribution in [0.25, 0.3) is 16.9 Å². The second-order valence-corrected chi connectivity index (χ2v) is 8.21. The molecule has 4 rings (SSSR count). The van der Waals surface area contributed by atoms with Crippen LogP contribution >= 0.6 is 11.3 Å². The maximum atomic E-state index is 12.3. The van der Waals surface area contributed by atoms with Crippen molar-refractivity contribution in [1.82, 2.24) is 15.1 Å². The Bertz CT molecular complexity index is 1100. The average molecular weight is 432 g/mol. The normalized spacial score (nSPS) is 10.7. The molecule has 5 nitrogen and oxygen atoms in total. The molecule has 0 aliphatic rings. The molecule has 158 valence electrons. The summed E-state index contributed by atoms with van der Waals surface area (Å²) in [6, 6.07) is 24.2. The van der Waals surface area contributed by atoms with E-state index in [-0.39, 0.29) is 5.91 Å². The minimum atomic E-state index is 0.0526. The van der Waals surface area contributed by atoms with E-state index in [2.05, 4.69) is 35.0 Å². The molecule has 0 aliphatic carbocycles. The molecule has 0 saturated heterocycles. The molecule has 4 aromatic rings. The second-order valence-electron chi connectivity index (χ2n) is 7.18. The first-order valence-corrected chi connectivity index (χ1v) is 11.2. The van der Waals surface area contributed by atoms with E-state index in [1.54, 1.807) is 18.4 Å². The van der Waals surface area contributed by atoms with Crippen molar-refractivity contribution in [3.63, 3.8) is 0 Å². The number of thiophene rings is 1. The number of aromatic nitrogens is 2. The van der Waals surface area contributed by atoms with E-state index >= 15 is 0 Å². The summed E-state index contributed by atoms with van der Waals surface area (Å²) in [4.78, 5) is 13.6. The Morgan fingerprint density at radius 3 is 2.55 bits per heavy atom. The highest BCUT2D eigenvalue weighted by Gasteiger charge is 2.13. The highest BCUT2D eigenvalue weighted by Crippen LogP contribution is 2.25. The number of rotatable bonds is 9. The molecule has 0 aliphatic heterocycles. The minimum Gasteiger partial charge on any atom is -0.497 e. The van der Waals surface area contributed by atoms with Crippen molar-refractivity contribution in [3.8, 4) is 22.7 Å². The van der Waals surface area contributed by atoms with Crippen molar-refractivity contribution < 1.29 is 9.53 Å². The van der Waals surface area contributed by atoms with Gasteiger partial charge in [0, 0.05) is 29.8 Å². The molecule has 2 aromatic carbocycles. The quantitative estimate of drug-likeness (QED) is 0.410. The zero-order chi connectivity index (χ0) is 21.5. The van der Waals surface area contributed by atoms with Crippen molar-refractivity contribution in [1.29, 1.82) is 0 Å². The van der Waals surface area contributed by atoms with Crippen molar-refractivity contribution in [2.45, 2.75) is 19.3 Å². The zero-order valence-corrected chi connectivity index (χ0v) is 18.3. The second kappa shape index (κ2) is 10.1. The minimum absolute atomic E-state index is 0.0526. The van der Waals surface area contributed by atoms with Crippen molar-refractivity contribution in [3.05, 3.63) is 88.7 Å². The van der Waals surface area contributed by atoms with Crippen LogP contribution in [0, 0.1) is 0 Å². The summed E-state index contributed by atoms with van der Waals surface area (Å²) in [6.45, 7) is 0.662. The van der Waals surface area contributed by atoms with E-state index in [0.29, 0.717) is 19.4 Å². The Morgan fingerprint density at radius 2 is 1.84 bits per heavy atom. The molecule has 0 radical (unpaired) electrons. The first-order chi connectivity index (χ1) is 15.2. The summed E-state index contributed by atoms with van der Waals surface area (Å²) >= 11 is 1.72. The summed E-state index contributed by atoms with van der Waals surface area (Å²) in [5, 5.41) is 9.87. The highest BCUT2D eigenvalue weighted by atomic mass is 32.1. The molecule has 2 heterocycles. The lowest BCUT2D eigenvalue weighted by atomic mass is 10.1. The van der Waals surface area contributed by atoms with Crippen molar-refractivity contribution >= 4 is 17.2 Å². The zero-order valence-electron chi connectivity index (χ0n) is 17.5. The number of amides is 1. The van der Waals surface area contributed by atoms with Gasteiger partial charge in [-0.05, 0) is 48.2 Å². The summed E-state index contributed by atoms with van der Waals surface area (Å²) in [5.41, 5.74) is 3.92. The van der Waals surface area contributed by atoms with E-state index in [1.807, 2.05) is 53.2 Å². The highest BCUT2D eigenvalue weighted by molar-refractivity contribution is 7.09. The van der Waals surface area contributed by atoms with Crippen LogP contribution in [-0.4, -0.2) is 29.3 Å². The van der Waals surface area contributed by atoms with E-state index < -0.39 is 0 Å². The van der Waals surface area contributed by atoms with Gasteiger partial charge in [-0.3, -0.25) is 4.79 Å². The van der Waals surface area contributed by atoms with Crippen LogP contribution in [0.5, 0.6) is 5.75 Å². The van der Waals surface area contributed by atoms with Gasteiger partial charge in [-0.25, -0.2) is 4.68 Å². The van der Waals surface area contributed by atoms with Crippen LogP contribution in [-0.2, 0) is 17.6 Å². The number of nitrogens with zero attached hydrogens (tertiary/aromatic N) is 2. The average Bonchev–Trinajstić information content (AvgIpc) is 3.48. The van der Waals surface area contributed by atoms with Gasteiger partial charge in [0.1, 0.15) is 5.75 Å². The van der Waals surface area contributed by atoms with Gasteiger partial charge in [-0.2, -0.15) is 5.10 Å². The lowest BCUT2D eigenvalue weighted by Gasteiger charge is -2.08. The summed E-state index contributed by atoms with van der Waals surface area (Å²) in [6.07, 6.45) is 1.87. The van der Waals surface area contributed by atoms with Crippen molar-refractivity contribution in [2.24, 2.45) is 0 Å². The molecule has 0 saturated carbocycles. The monoisotopic (exact) mass is 431 g/mol. The molecular weight excluding hydrogens is 406 g/mol. The Morgan fingerprint density at radius 1 is 1.03 bits per heavy atom. The smallest absolute Gasteiger partial charge is 0.220 e. The summed E-state index contributed by atoms with van der Waals surface area (Å²) in [7, 11) is 1.65. The predicted octanol–water partition coefficient (Wildman–Crippen LogP) is 4.90. The van der Waals surface area contributed by atoms with Gasteiger partial charge >= 0.3 is 0 Å². The number of benzene rings is 2. The molecule has 1 amide bonds. The number of methoxy groups -OCH3 is 1. The molecule has 1 N–H and O–H groups in total. The third kappa shape index (κ3) is 5.41. The molecule has 31 heavy (non-hydrogen) atoms. The predicted molar refractivity (Wildman–Crippen MR) is 125 cm³/mol. The Balaban J connectivity index is 1.46. The van der Waals surface area contributed by atoms with Gasteiger partial charge in [-0.15, -0.1) is 11.3 Å². The lowest BCUT2D eigenvalue weighted by molar-refractivity contribution is -0.121. The number of ether oxygens (including phenoxy) is 1. The number of nitrogens with one attached hydrogen (secondary N) is 1. The standard InChI is InChI=1S/C25H25N3O2S/c1-30-22-12-10-21(11-13-22)28-24(19-6-3-2-4-7-19)18-20(27-28)9-14-25(29)26-16-15-23-8-5-17-31-23/h2-8,10-13,17-18H,9,14-16H2,1H3,(H,26,29). The van der Waals surface area contributed by atoms with E-state index in [1.165, 1.54) is 4.88 Å². The van der Waals surface area contributed by atoms with E-state index in [9.17, 15) is 4.79 Å². The summed E-state index contributed by atoms with van der Waals surface area (Å²) in [5.74, 6) is 0.855. The van der Waals surface area contributed by atoms with Crippen molar-refractivity contribution in [2.75, 3.05) is 13.7 Å². The van der Waals surface area contributed by atoms with Crippen LogP contribution < -0.4 is 10.1 Å². The fourth-order valence-electron chi connectivity index (χ4n) is 3.40. The topological polar surface area (TPSA) is 56.2 Å². The van der Waals surface area contributed by atoms with E-state index in [0.717, 1.165) is 34.8 Å². The third-order valence-electron chi connectivity index (χ3n) is 5.03. The summed E-state index contributed by atoms with van der Waals surface area (Å²) < 4.78 is 7.20. The molecule has 0 spiro atoms. The third-order valence-corrected chi connectivity index (χ3v) is 5.96. The van der Waals surface area contributed by atoms with Gasteiger partial charge in [0.2, 0.25) is 5.91 Å². The lowest BCUT2D eigenvalue weighted by Crippen LogP contribution is -2.25. The largest absolute Gasteiger partial charge is 0.497 e.